The molecule has 9 heteroatoms. The highest BCUT2D eigenvalue weighted by molar-refractivity contribution is 7.89. The van der Waals surface area contributed by atoms with Crippen molar-refractivity contribution in [3.8, 4) is 0 Å². The van der Waals surface area contributed by atoms with Gasteiger partial charge in [0, 0.05) is 32.2 Å². The Kier molecular flexibility index (Phi) is 9.04. The minimum absolute atomic E-state index is 0.0236. The third-order valence-corrected chi connectivity index (χ3v) is 7.89. The number of nitrogens with one attached hydrogen (secondary N) is 1. The first-order chi connectivity index (χ1) is 16.2. The molecule has 34 heavy (non-hydrogen) atoms. The zero-order chi connectivity index (χ0) is 24.7. The number of carbonyl (C=O) groups is 1. The molecule has 1 saturated heterocycles. The van der Waals surface area contributed by atoms with Gasteiger partial charge in [0.05, 0.1) is 6.10 Å². The van der Waals surface area contributed by atoms with Gasteiger partial charge in [-0.3, -0.25) is 4.79 Å². The molecule has 186 valence electrons. The monoisotopic (exact) mass is 489 g/mol. The van der Waals surface area contributed by atoms with E-state index in [9.17, 15) is 13.2 Å². The van der Waals surface area contributed by atoms with Crippen molar-refractivity contribution in [2.24, 2.45) is 5.92 Å². The maximum absolute atomic E-state index is 13.4. The summed E-state index contributed by atoms with van der Waals surface area (Å²) in [6.45, 7) is 9.31. The zero-order valence-corrected chi connectivity index (χ0v) is 21.2. The molecular formula is C25H35N3O5S. The number of aryl methyl sites for hydroxylation is 2. The molecule has 1 N–H and O–H groups in total. The average molecular weight is 490 g/mol. The summed E-state index contributed by atoms with van der Waals surface area (Å²) in [6.07, 6.45) is 5.33. The van der Waals surface area contributed by atoms with Crippen LogP contribution < -0.4 is 5.32 Å². The third-order valence-electron chi connectivity index (χ3n) is 5.83. The van der Waals surface area contributed by atoms with Crippen LogP contribution in [0.5, 0.6) is 0 Å². The molecule has 1 fully saturated rings. The van der Waals surface area contributed by atoms with E-state index in [1.54, 1.807) is 19.1 Å². The van der Waals surface area contributed by atoms with E-state index in [1.165, 1.54) is 4.31 Å². The fraction of sp³-hybridized carbons (Fsp3) is 0.520. The van der Waals surface area contributed by atoms with Crippen LogP contribution in [0.15, 0.2) is 33.7 Å². The maximum atomic E-state index is 13.4. The van der Waals surface area contributed by atoms with Gasteiger partial charge in [0.2, 0.25) is 15.9 Å². The van der Waals surface area contributed by atoms with Gasteiger partial charge in [0.15, 0.2) is 10.7 Å². The fourth-order valence-corrected chi connectivity index (χ4v) is 5.60. The maximum Gasteiger partial charge on any atom is 0.248 e. The molecule has 3 rings (SSSR count). The number of sulfonamides is 1. The lowest BCUT2D eigenvalue weighted by Gasteiger charge is -2.30. The van der Waals surface area contributed by atoms with Gasteiger partial charge in [-0.1, -0.05) is 41.1 Å². The predicted octanol–water partition coefficient (Wildman–Crippen LogP) is 3.79. The molecule has 8 nitrogen and oxygen atoms in total. The molecule has 1 amide bonds. The van der Waals surface area contributed by atoms with Crippen LogP contribution in [-0.2, 0) is 19.6 Å². The van der Waals surface area contributed by atoms with Crippen LogP contribution in [-0.4, -0.2) is 56.1 Å². The minimum Gasteiger partial charge on any atom is -0.379 e. The Morgan fingerprint density at radius 1 is 1.21 bits per heavy atom. The van der Waals surface area contributed by atoms with Gasteiger partial charge in [-0.15, -0.1) is 0 Å². The van der Waals surface area contributed by atoms with E-state index in [0.29, 0.717) is 31.7 Å². The molecule has 1 aliphatic heterocycles. The lowest BCUT2D eigenvalue weighted by atomic mass is 9.97. The number of piperidine rings is 1. The molecule has 1 aliphatic rings. The van der Waals surface area contributed by atoms with E-state index in [1.807, 2.05) is 45.0 Å². The number of nitrogens with zero attached hydrogens (tertiary/aromatic N) is 2. The molecule has 0 aliphatic carbocycles. The van der Waals surface area contributed by atoms with Gasteiger partial charge in [-0.25, -0.2) is 8.42 Å². The van der Waals surface area contributed by atoms with E-state index in [-0.39, 0.29) is 41.7 Å². The smallest absolute Gasteiger partial charge is 0.248 e. The predicted molar refractivity (Wildman–Crippen MR) is 132 cm³/mol. The number of benzene rings is 1. The number of amides is 1. The zero-order valence-electron chi connectivity index (χ0n) is 20.4. The number of carbonyl (C=O) groups excluding carboxylic acids is 1. The Labute approximate surface area is 202 Å². The fourth-order valence-electron chi connectivity index (χ4n) is 3.88. The summed E-state index contributed by atoms with van der Waals surface area (Å²) in [4.78, 5) is 12.6. The van der Waals surface area contributed by atoms with E-state index >= 15 is 0 Å². The van der Waals surface area contributed by atoms with Crippen molar-refractivity contribution in [2.45, 2.75) is 58.0 Å². The van der Waals surface area contributed by atoms with Crippen molar-refractivity contribution in [1.29, 1.82) is 0 Å². The Bertz CT molecular complexity index is 1080. The highest BCUT2D eigenvalue weighted by Gasteiger charge is 2.35. The van der Waals surface area contributed by atoms with Crippen LogP contribution in [0.4, 0.5) is 0 Å². The average Bonchev–Trinajstić information content (AvgIpc) is 3.19. The van der Waals surface area contributed by atoms with Crippen molar-refractivity contribution in [2.75, 3.05) is 26.2 Å². The van der Waals surface area contributed by atoms with Crippen molar-refractivity contribution in [3.63, 3.8) is 0 Å². The summed E-state index contributed by atoms with van der Waals surface area (Å²) in [5.41, 5.74) is 2.41. The SMILES string of the molecule is Cc1ccc(C=Cc2onc(C)c2S(=O)(=O)N2CCC(C(=O)NCCCOC(C)C)CC2)cc1. The molecule has 2 aromatic rings. The summed E-state index contributed by atoms with van der Waals surface area (Å²) in [6, 6.07) is 7.89. The molecule has 2 heterocycles. The van der Waals surface area contributed by atoms with Crippen LogP contribution >= 0.6 is 0 Å². The lowest BCUT2D eigenvalue weighted by molar-refractivity contribution is -0.126. The van der Waals surface area contributed by atoms with Crippen molar-refractivity contribution < 1.29 is 22.5 Å². The molecule has 0 spiro atoms. The first-order valence-electron chi connectivity index (χ1n) is 11.8. The number of aromatic nitrogens is 1. The van der Waals surface area contributed by atoms with Crippen LogP contribution in [0.3, 0.4) is 0 Å². The van der Waals surface area contributed by atoms with Crippen molar-refractivity contribution in [1.82, 2.24) is 14.8 Å². The second kappa shape index (κ2) is 11.8. The summed E-state index contributed by atoms with van der Waals surface area (Å²) in [7, 11) is -3.80. The topological polar surface area (TPSA) is 102 Å². The van der Waals surface area contributed by atoms with Gasteiger partial charge >= 0.3 is 0 Å². The van der Waals surface area contributed by atoms with Gasteiger partial charge in [0.1, 0.15) is 5.69 Å². The van der Waals surface area contributed by atoms with E-state index in [4.69, 9.17) is 9.26 Å². The lowest BCUT2D eigenvalue weighted by Crippen LogP contribution is -2.43. The largest absolute Gasteiger partial charge is 0.379 e. The van der Waals surface area contributed by atoms with Gasteiger partial charge in [-0.05, 0) is 58.6 Å². The molecule has 0 unspecified atom stereocenters. The summed E-state index contributed by atoms with van der Waals surface area (Å²) >= 11 is 0. The third kappa shape index (κ3) is 6.77. The van der Waals surface area contributed by atoms with E-state index in [2.05, 4.69) is 10.5 Å². The van der Waals surface area contributed by atoms with Crippen LogP contribution in [0, 0.1) is 19.8 Å². The number of ether oxygens (including phenoxy) is 1. The molecular weight excluding hydrogens is 454 g/mol. The Morgan fingerprint density at radius 3 is 2.53 bits per heavy atom. The Morgan fingerprint density at radius 2 is 1.88 bits per heavy atom. The Hall–Kier alpha value is -2.49. The highest BCUT2D eigenvalue weighted by atomic mass is 32.2. The van der Waals surface area contributed by atoms with Gasteiger partial charge in [0.25, 0.3) is 0 Å². The number of hydrogen-bond donors (Lipinski definition) is 1. The Balaban J connectivity index is 1.60. The van der Waals surface area contributed by atoms with E-state index < -0.39 is 10.0 Å². The van der Waals surface area contributed by atoms with Crippen LogP contribution in [0.1, 0.15) is 55.7 Å². The van der Waals surface area contributed by atoms with Crippen molar-refractivity contribution in [3.05, 3.63) is 46.8 Å². The first kappa shape index (κ1) is 26.1. The quantitative estimate of drug-likeness (QED) is 0.510. The molecule has 0 atom stereocenters. The standard InChI is InChI=1S/C25H35N3O5S/c1-18(2)32-17-5-14-26-25(29)22-12-15-28(16-13-22)34(30,31)24-20(4)27-33-23(24)11-10-21-8-6-19(3)7-9-21/h6-11,18,22H,5,12-17H2,1-4H3,(H,26,29). The summed E-state index contributed by atoms with van der Waals surface area (Å²) < 4.78 is 39.0. The van der Waals surface area contributed by atoms with Crippen LogP contribution in [0.2, 0.25) is 0 Å². The molecule has 0 bridgehead atoms. The highest BCUT2D eigenvalue weighted by Crippen LogP contribution is 2.29. The number of hydrogen-bond acceptors (Lipinski definition) is 6. The second-order valence-electron chi connectivity index (χ2n) is 8.95. The normalized spacial score (nSPS) is 15.9. The molecule has 1 aromatic carbocycles. The summed E-state index contributed by atoms with van der Waals surface area (Å²) in [5, 5.41) is 6.84. The number of rotatable bonds is 10. The molecule has 0 saturated carbocycles. The summed E-state index contributed by atoms with van der Waals surface area (Å²) in [5.74, 6) is -0.00651. The molecule has 0 radical (unpaired) electrons. The van der Waals surface area contributed by atoms with Gasteiger partial charge < -0.3 is 14.6 Å². The van der Waals surface area contributed by atoms with E-state index in [0.717, 1.165) is 17.5 Å². The van der Waals surface area contributed by atoms with Crippen LogP contribution in [0.25, 0.3) is 12.2 Å². The van der Waals surface area contributed by atoms with Gasteiger partial charge in [-0.2, -0.15) is 4.31 Å². The van der Waals surface area contributed by atoms with Crippen molar-refractivity contribution >= 4 is 28.1 Å². The minimum atomic E-state index is -3.80. The first-order valence-corrected chi connectivity index (χ1v) is 13.2. The molecule has 1 aromatic heterocycles. The second-order valence-corrected chi connectivity index (χ2v) is 10.8.